The molecule has 0 radical (unpaired) electrons. The van der Waals surface area contributed by atoms with E-state index in [1.165, 1.54) is 0 Å². The van der Waals surface area contributed by atoms with Gasteiger partial charge in [-0.2, -0.15) is 0 Å². The molecule has 54 heavy (non-hydrogen) atoms. The summed E-state index contributed by atoms with van der Waals surface area (Å²) >= 11 is 5.19. The van der Waals surface area contributed by atoms with Crippen LogP contribution in [0, 0.1) is 7.43 Å². The number of carbonyl (C=O) groups is 5. The summed E-state index contributed by atoms with van der Waals surface area (Å²) in [5, 5.41) is 37.9. The first-order valence-electron chi connectivity index (χ1n) is 16.4. The number of hydrogen-bond acceptors (Lipinski definition) is 20. The van der Waals surface area contributed by atoms with Crippen molar-refractivity contribution in [3.05, 3.63) is 7.43 Å². The normalized spacial score (nSPS) is 27.0. The third kappa shape index (κ3) is 23.1. The van der Waals surface area contributed by atoms with Gasteiger partial charge in [0.2, 0.25) is 12.4 Å². The number of nitrogens with two attached hydrogens (primary N) is 1. The molecule has 2 heterocycles. The van der Waals surface area contributed by atoms with Crippen molar-refractivity contribution in [2.24, 2.45) is 5.73 Å². The fourth-order valence-corrected chi connectivity index (χ4v) is 4.28. The Bertz CT molecular complexity index is 1060. The molecular formula is C32H57ClNO19Pd-. The van der Waals surface area contributed by atoms with Crippen LogP contribution in [0.4, 0.5) is 0 Å². The number of halogens is 1. The summed E-state index contributed by atoms with van der Waals surface area (Å²) in [7, 11) is 0. The minimum Gasteiger partial charge on any atom is -0.463 e. The van der Waals surface area contributed by atoms with E-state index in [1.54, 1.807) is 0 Å². The van der Waals surface area contributed by atoms with Crippen LogP contribution in [0.5, 0.6) is 0 Å². The Kier molecular flexibility index (Phi) is 33.4. The number of alkyl halides is 1. The van der Waals surface area contributed by atoms with Gasteiger partial charge < -0.3 is 81.0 Å². The van der Waals surface area contributed by atoms with E-state index in [0.717, 1.165) is 46.9 Å². The van der Waals surface area contributed by atoms with Gasteiger partial charge in [0.05, 0.1) is 39.6 Å². The van der Waals surface area contributed by atoms with E-state index in [-0.39, 0.29) is 41.1 Å². The average Bonchev–Trinajstić information content (AvgIpc) is 3.07. The molecule has 0 aromatic heterocycles. The Morgan fingerprint density at radius 3 is 1.57 bits per heavy atom. The zero-order chi connectivity index (χ0) is 39.8. The average molecular weight is 902 g/mol. The van der Waals surface area contributed by atoms with E-state index in [1.807, 2.05) is 6.92 Å². The summed E-state index contributed by atoms with van der Waals surface area (Å²) in [4.78, 5) is 57.0. The zero-order valence-electron chi connectivity index (χ0n) is 31.5. The summed E-state index contributed by atoms with van der Waals surface area (Å²) in [5.74, 6) is -2.92. The molecule has 10 unspecified atom stereocenters. The SMILES string of the molecule is CC(=O)OCC1OC(OC(C)=O)C(OC(C)=O)C(OC(C)=O)C1OC(C)=O.CCCCl.NCCOCCOCCOC1OC(CO)C(O)C(O)C1O.[CH3-].[Pd]. The number of aliphatic hydroxyl groups is 4. The first kappa shape index (κ1) is 56.2. The molecule has 0 saturated carbocycles. The van der Waals surface area contributed by atoms with E-state index in [2.05, 4.69) is 0 Å². The number of esters is 5. The Hall–Kier alpha value is -2.10. The second kappa shape index (κ2) is 32.0. The van der Waals surface area contributed by atoms with Gasteiger partial charge in [-0.15, -0.1) is 11.6 Å². The standard InChI is InChI=1S/C16H22O11.C12H25NO8.C3H7Cl.CH3.Pd/c1-7(17)22-6-12-13(23-8(2)18)14(24-9(3)19)15(25-10(4)20)16(27-12)26-11(5)21;13-1-2-18-3-4-19-5-6-20-12-11(17)10(16)9(15)8(7-14)21-12;1-2-3-4;;/h12-16H,6H2,1-5H3;8-12,14-17H,1-7,13H2;2-3H2,1H3;1H3;/q;;;-1;. The Labute approximate surface area is 334 Å². The van der Waals surface area contributed by atoms with Gasteiger partial charge in [-0.3, -0.25) is 24.0 Å². The molecule has 20 nitrogen and oxygen atoms in total. The van der Waals surface area contributed by atoms with Crippen LogP contribution in [0.2, 0.25) is 0 Å². The van der Waals surface area contributed by atoms with Crippen LogP contribution >= 0.6 is 11.6 Å². The molecule has 2 aliphatic rings. The summed E-state index contributed by atoms with van der Waals surface area (Å²) < 4.78 is 51.5. The zero-order valence-corrected chi connectivity index (χ0v) is 33.8. The van der Waals surface area contributed by atoms with Crippen LogP contribution in [0.1, 0.15) is 48.0 Å². The molecule has 2 rings (SSSR count). The molecule has 2 aliphatic heterocycles. The summed E-state index contributed by atoms with van der Waals surface area (Å²) in [6.45, 7) is 8.82. The van der Waals surface area contributed by atoms with E-state index in [4.69, 9.17) is 69.8 Å². The van der Waals surface area contributed by atoms with E-state index < -0.39 is 104 Å². The topological polar surface area (TPSA) is 285 Å². The van der Waals surface area contributed by atoms with Crippen molar-refractivity contribution in [2.45, 2.75) is 109 Å². The first-order chi connectivity index (χ1) is 24.5. The number of ether oxygens (including phenoxy) is 10. The minimum absolute atomic E-state index is 0. The molecule has 6 N–H and O–H groups in total. The number of hydrogen-bond donors (Lipinski definition) is 5. The van der Waals surface area contributed by atoms with Gasteiger partial charge in [0.1, 0.15) is 37.1 Å². The number of carbonyl (C=O) groups excluding carboxylic acids is 5. The smallest absolute Gasteiger partial charge is 0.305 e. The molecular weight excluding hydrogens is 844 g/mol. The van der Waals surface area contributed by atoms with Gasteiger partial charge in [-0.1, -0.05) is 6.92 Å². The van der Waals surface area contributed by atoms with Crippen molar-refractivity contribution in [1.82, 2.24) is 0 Å². The van der Waals surface area contributed by atoms with E-state index in [0.29, 0.717) is 26.4 Å². The van der Waals surface area contributed by atoms with Gasteiger partial charge in [-0.25, -0.2) is 0 Å². The third-order valence-corrected chi connectivity index (χ3v) is 6.79. The number of aliphatic hydroxyl groups excluding tert-OH is 4. The second-order valence-corrected chi connectivity index (χ2v) is 11.3. The molecule has 10 atom stereocenters. The van der Waals surface area contributed by atoms with Crippen LogP contribution < -0.4 is 5.73 Å². The molecule has 22 heteroatoms. The molecule has 0 bridgehead atoms. The predicted octanol–water partition coefficient (Wildman–Crippen LogP) is -1.49. The third-order valence-electron chi connectivity index (χ3n) is 6.41. The van der Waals surface area contributed by atoms with Crippen molar-refractivity contribution in [1.29, 1.82) is 0 Å². The molecule has 0 aromatic carbocycles. The van der Waals surface area contributed by atoms with Gasteiger partial charge >= 0.3 is 29.8 Å². The quantitative estimate of drug-likeness (QED) is 0.0278. The fourth-order valence-electron chi connectivity index (χ4n) is 4.28. The molecule has 0 aromatic rings. The van der Waals surface area contributed by atoms with Crippen LogP contribution in [0.25, 0.3) is 0 Å². The summed E-state index contributed by atoms with van der Waals surface area (Å²) in [6.07, 6.45) is -11.9. The van der Waals surface area contributed by atoms with Crippen LogP contribution in [-0.2, 0) is 91.8 Å². The number of rotatable bonds is 17. The van der Waals surface area contributed by atoms with Crippen molar-refractivity contribution >= 4 is 41.4 Å². The van der Waals surface area contributed by atoms with Gasteiger partial charge in [0.15, 0.2) is 18.5 Å². The van der Waals surface area contributed by atoms with Crippen molar-refractivity contribution < 1.29 is 112 Å². The summed E-state index contributed by atoms with van der Waals surface area (Å²) in [5.41, 5.74) is 5.25. The first-order valence-corrected chi connectivity index (χ1v) is 16.9. The van der Waals surface area contributed by atoms with Gasteiger partial charge in [-0.05, 0) is 6.42 Å². The fraction of sp³-hybridized carbons (Fsp3) is 0.812. The molecule has 0 amide bonds. The summed E-state index contributed by atoms with van der Waals surface area (Å²) in [6, 6.07) is 0. The van der Waals surface area contributed by atoms with Crippen LogP contribution in [0.3, 0.4) is 0 Å². The molecule has 0 aliphatic carbocycles. The maximum absolute atomic E-state index is 11.5. The second-order valence-electron chi connectivity index (χ2n) is 10.9. The van der Waals surface area contributed by atoms with E-state index >= 15 is 0 Å². The molecule has 322 valence electrons. The van der Waals surface area contributed by atoms with Crippen molar-refractivity contribution in [3.8, 4) is 0 Å². The maximum Gasteiger partial charge on any atom is 0.305 e. The van der Waals surface area contributed by atoms with Crippen LogP contribution in [-0.4, -0.2) is 170 Å². The molecule has 2 fully saturated rings. The van der Waals surface area contributed by atoms with Crippen molar-refractivity contribution in [3.63, 3.8) is 0 Å². The monoisotopic (exact) mass is 900 g/mol. The molecule has 0 spiro atoms. The molecule has 2 saturated heterocycles. The largest absolute Gasteiger partial charge is 0.463 e. The van der Waals surface area contributed by atoms with E-state index in [9.17, 15) is 39.3 Å². The van der Waals surface area contributed by atoms with Gasteiger partial charge in [0.25, 0.3) is 0 Å². The Morgan fingerprint density at radius 1 is 0.648 bits per heavy atom. The maximum atomic E-state index is 11.5. The van der Waals surface area contributed by atoms with Crippen molar-refractivity contribution in [2.75, 3.05) is 58.7 Å². The van der Waals surface area contributed by atoms with Gasteiger partial charge in [0, 0.05) is 67.5 Å². The Balaban J connectivity index is -0.000000865. The minimum atomic E-state index is -1.48. The Morgan fingerprint density at radius 2 is 1.11 bits per heavy atom. The van der Waals surface area contributed by atoms with Crippen LogP contribution in [0.15, 0.2) is 0 Å². The predicted molar refractivity (Wildman–Crippen MR) is 182 cm³/mol.